The van der Waals surface area contributed by atoms with Crippen LogP contribution < -0.4 is 10.9 Å². The second-order valence-electron chi connectivity index (χ2n) is 6.05. The zero-order valence-corrected chi connectivity index (χ0v) is 11.7. The lowest BCUT2D eigenvalue weighted by Crippen LogP contribution is -2.38. The zero-order chi connectivity index (χ0) is 15.0. The van der Waals surface area contributed by atoms with Crippen molar-refractivity contribution in [1.82, 2.24) is 9.88 Å². The van der Waals surface area contributed by atoms with E-state index in [0.29, 0.717) is 24.4 Å². The Kier molecular flexibility index (Phi) is 3.82. The molecule has 1 aromatic heterocycles. The van der Waals surface area contributed by atoms with Gasteiger partial charge in [0, 0.05) is 25.2 Å². The molecule has 1 heterocycles. The van der Waals surface area contributed by atoms with Gasteiger partial charge in [0.1, 0.15) is 5.69 Å². The summed E-state index contributed by atoms with van der Waals surface area (Å²) < 4.78 is 39.6. The Morgan fingerprint density at radius 3 is 2.33 bits per heavy atom. The summed E-state index contributed by atoms with van der Waals surface area (Å²) in [5.74, 6) is 1.37. The van der Waals surface area contributed by atoms with Crippen LogP contribution in [0.1, 0.15) is 31.4 Å². The Bertz CT molecular complexity index is 547. The van der Waals surface area contributed by atoms with Crippen LogP contribution >= 0.6 is 0 Å². The molecule has 0 aliphatic heterocycles. The molecule has 0 aromatic carbocycles. The summed E-state index contributed by atoms with van der Waals surface area (Å²) in [5.41, 5.74) is -1.47. The summed E-state index contributed by atoms with van der Waals surface area (Å²) in [6.07, 6.45) is 0.369. The third kappa shape index (κ3) is 3.48. The second kappa shape index (κ2) is 5.48. The quantitative estimate of drug-likeness (QED) is 0.876. The maximum Gasteiger partial charge on any atom is 0.431 e. The van der Waals surface area contributed by atoms with E-state index in [9.17, 15) is 18.0 Å². The van der Waals surface area contributed by atoms with Crippen molar-refractivity contribution >= 4 is 0 Å². The third-order valence-corrected chi connectivity index (χ3v) is 4.32. The highest BCUT2D eigenvalue weighted by atomic mass is 19.4. The fraction of sp³-hybridized carbons (Fsp3) is 0.667. The van der Waals surface area contributed by atoms with Crippen LogP contribution in [0.15, 0.2) is 23.0 Å². The topological polar surface area (TPSA) is 34.0 Å². The molecule has 0 atom stereocenters. The number of halogens is 3. The lowest BCUT2D eigenvalue weighted by Gasteiger charge is -2.19. The molecular formula is C15H19F3N2O. The standard InChI is InChI=1S/C15H19F3N2O/c16-15(17,18)12-2-1-3-13(21)20(12)9-8-19-14(10-4-5-10)11-6-7-11/h1-3,10-11,14,19H,4-9H2. The normalized spacial score (nSPS) is 19.2. The molecule has 1 aromatic rings. The Balaban J connectivity index is 1.66. The molecular weight excluding hydrogens is 281 g/mol. The fourth-order valence-electron chi connectivity index (χ4n) is 2.97. The van der Waals surface area contributed by atoms with E-state index in [1.165, 1.54) is 31.7 Å². The highest BCUT2D eigenvalue weighted by Crippen LogP contribution is 2.44. The molecule has 6 heteroatoms. The van der Waals surface area contributed by atoms with Crippen LogP contribution in [0.2, 0.25) is 0 Å². The molecule has 1 N–H and O–H groups in total. The lowest BCUT2D eigenvalue weighted by atomic mass is 10.1. The maximum atomic E-state index is 12.9. The average molecular weight is 300 g/mol. The number of nitrogens with zero attached hydrogens (tertiary/aromatic N) is 1. The Labute approximate surface area is 121 Å². The number of pyridine rings is 1. The first-order valence-electron chi connectivity index (χ1n) is 7.47. The lowest BCUT2D eigenvalue weighted by molar-refractivity contribution is -0.144. The van der Waals surface area contributed by atoms with Gasteiger partial charge in [0.2, 0.25) is 0 Å². The molecule has 0 spiro atoms. The van der Waals surface area contributed by atoms with Gasteiger partial charge in [-0.25, -0.2) is 0 Å². The van der Waals surface area contributed by atoms with Crippen molar-refractivity contribution in [3.8, 4) is 0 Å². The van der Waals surface area contributed by atoms with Crippen molar-refractivity contribution < 1.29 is 13.2 Å². The van der Waals surface area contributed by atoms with E-state index in [-0.39, 0.29) is 6.54 Å². The van der Waals surface area contributed by atoms with E-state index >= 15 is 0 Å². The smallest absolute Gasteiger partial charge is 0.312 e. The number of nitrogens with one attached hydrogen (secondary N) is 1. The molecule has 3 nitrogen and oxygen atoms in total. The van der Waals surface area contributed by atoms with Gasteiger partial charge in [-0.3, -0.25) is 4.79 Å². The van der Waals surface area contributed by atoms with Gasteiger partial charge in [0.15, 0.2) is 0 Å². The van der Waals surface area contributed by atoms with E-state index < -0.39 is 17.4 Å². The minimum Gasteiger partial charge on any atom is -0.312 e. The minimum absolute atomic E-state index is 0.0600. The number of rotatable bonds is 6. The Morgan fingerprint density at radius 2 is 1.81 bits per heavy atom. The number of hydrogen-bond donors (Lipinski definition) is 1. The molecule has 0 amide bonds. The Morgan fingerprint density at radius 1 is 1.19 bits per heavy atom. The molecule has 2 fully saturated rings. The van der Waals surface area contributed by atoms with Crippen LogP contribution in [0.25, 0.3) is 0 Å². The molecule has 2 aliphatic rings. The van der Waals surface area contributed by atoms with Gasteiger partial charge in [0.25, 0.3) is 5.56 Å². The van der Waals surface area contributed by atoms with E-state index in [0.717, 1.165) is 16.7 Å². The summed E-state index contributed by atoms with van der Waals surface area (Å²) >= 11 is 0. The van der Waals surface area contributed by atoms with Crippen molar-refractivity contribution in [2.24, 2.45) is 11.8 Å². The summed E-state index contributed by atoms with van der Waals surface area (Å²) in [6.45, 7) is 0.467. The second-order valence-corrected chi connectivity index (χ2v) is 6.05. The van der Waals surface area contributed by atoms with Gasteiger partial charge in [-0.2, -0.15) is 13.2 Å². The van der Waals surface area contributed by atoms with Crippen LogP contribution in [0.5, 0.6) is 0 Å². The molecule has 0 unspecified atom stereocenters. The predicted octanol–water partition coefficient (Wildman–Crippen LogP) is 2.65. The average Bonchev–Trinajstić information content (AvgIpc) is 3.26. The van der Waals surface area contributed by atoms with Crippen molar-refractivity contribution in [2.75, 3.05) is 6.54 Å². The van der Waals surface area contributed by atoms with Gasteiger partial charge in [-0.05, 0) is 43.6 Å². The molecule has 0 saturated heterocycles. The molecule has 21 heavy (non-hydrogen) atoms. The molecule has 2 aliphatic carbocycles. The van der Waals surface area contributed by atoms with Crippen molar-refractivity contribution in [1.29, 1.82) is 0 Å². The van der Waals surface area contributed by atoms with Crippen molar-refractivity contribution in [2.45, 2.75) is 44.4 Å². The van der Waals surface area contributed by atoms with E-state index in [1.807, 2.05) is 0 Å². The highest BCUT2D eigenvalue weighted by Gasteiger charge is 2.41. The van der Waals surface area contributed by atoms with E-state index in [4.69, 9.17) is 0 Å². The predicted molar refractivity (Wildman–Crippen MR) is 72.9 cm³/mol. The van der Waals surface area contributed by atoms with E-state index in [2.05, 4.69) is 5.32 Å². The third-order valence-electron chi connectivity index (χ3n) is 4.32. The summed E-state index contributed by atoms with van der Waals surface area (Å²) in [4.78, 5) is 11.7. The monoisotopic (exact) mass is 300 g/mol. The fourth-order valence-corrected chi connectivity index (χ4v) is 2.97. The summed E-state index contributed by atoms with van der Waals surface area (Å²) in [5, 5.41) is 3.37. The summed E-state index contributed by atoms with van der Waals surface area (Å²) in [6, 6.07) is 3.72. The van der Waals surface area contributed by atoms with E-state index in [1.54, 1.807) is 0 Å². The largest absolute Gasteiger partial charge is 0.431 e. The van der Waals surface area contributed by atoms with Crippen LogP contribution in [0, 0.1) is 11.8 Å². The molecule has 3 rings (SSSR count). The van der Waals surface area contributed by atoms with Gasteiger partial charge in [0.05, 0.1) is 0 Å². The van der Waals surface area contributed by atoms with Gasteiger partial charge >= 0.3 is 6.18 Å². The van der Waals surface area contributed by atoms with Crippen LogP contribution in [0.4, 0.5) is 13.2 Å². The van der Waals surface area contributed by atoms with Gasteiger partial charge in [-0.15, -0.1) is 0 Å². The maximum absolute atomic E-state index is 12.9. The SMILES string of the molecule is O=c1cccc(C(F)(F)F)n1CCNC(C1CC1)C1CC1. The molecule has 116 valence electrons. The van der Waals surface area contributed by atoms with Crippen LogP contribution in [-0.4, -0.2) is 17.2 Å². The zero-order valence-electron chi connectivity index (χ0n) is 11.7. The first-order chi connectivity index (χ1) is 9.97. The van der Waals surface area contributed by atoms with Crippen molar-refractivity contribution in [3.63, 3.8) is 0 Å². The molecule has 0 bridgehead atoms. The Hall–Kier alpha value is -1.30. The first kappa shape index (κ1) is 14.6. The van der Waals surface area contributed by atoms with Crippen LogP contribution in [-0.2, 0) is 12.7 Å². The molecule has 2 saturated carbocycles. The summed E-state index contributed by atoms with van der Waals surface area (Å²) in [7, 11) is 0. The first-order valence-corrected chi connectivity index (χ1v) is 7.47. The van der Waals surface area contributed by atoms with Crippen molar-refractivity contribution in [3.05, 3.63) is 34.2 Å². The number of hydrogen-bond acceptors (Lipinski definition) is 2. The molecule has 0 radical (unpaired) electrons. The van der Waals surface area contributed by atoms with Gasteiger partial charge in [-0.1, -0.05) is 6.07 Å². The van der Waals surface area contributed by atoms with Crippen LogP contribution in [0.3, 0.4) is 0 Å². The highest BCUT2D eigenvalue weighted by molar-refractivity contribution is 5.10. The number of aromatic nitrogens is 1. The van der Waals surface area contributed by atoms with Gasteiger partial charge < -0.3 is 9.88 Å². The number of alkyl halides is 3. The minimum atomic E-state index is -4.49.